The van der Waals surface area contributed by atoms with E-state index < -0.39 is 0 Å². The fraction of sp³-hybridized carbons (Fsp3) is 0.750. The fourth-order valence-corrected chi connectivity index (χ4v) is 2.16. The zero-order valence-corrected chi connectivity index (χ0v) is 10.2. The van der Waals surface area contributed by atoms with Crippen molar-refractivity contribution in [1.82, 2.24) is 20.0 Å². The summed E-state index contributed by atoms with van der Waals surface area (Å²) in [6.45, 7) is 8.88. The van der Waals surface area contributed by atoms with Crippen molar-refractivity contribution in [3.05, 3.63) is 18.0 Å². The summed E-state index contributed by atoms with van der Waals surface area (Å²) < 4.78 is 2.05. The number of rotatable bonds is 4. The molecule has 1 aromatic heterocycles. The van der Waals surface area contributed by atoms with E-state index in [1.54, 1.807) is 0 Å². The zero-order chi connectivity index (χ0) is 11.2. The molecule has 0 unspecified atom stereocenters. The van der Waals surface area contributed by atoms with Crippen LogP contribution < -0.4 is 5.32 Å². The van der Waals surface area contributed by atoms with E-state index in [0.29, 0.717) is 0 Å². The Morgan fingerprint density at radius 1 is 1.38 bits per heavy atom. The molecule has 2 heterocycles. The third-order valence-electron chi connectivity index (χ3n) is 2.98. The largest absolute Gasteiger partial charge is 0.315 e. The summed E-state index contributed by atoms with van der Waals surface area (Å²) in [4.78, 5) is 2.51. The monoisotopic (exact) mass is 222 g/mol. The molecule has 1 saturated heterocycles. The number of nitrogens with zero attached hydrogens (tertiary/aromatic N) is 3. The summed E-state index contributed by atoms with van der Waals surface area (Å²) in [7, 11) is 0. The van der Waals surface area contributed by atoms with Crippen molar-refractivity contribution < 1.29 is 0 Å². The Bertz CT molecular complexity index is 300. The van der Waals surface area contributed by atoms with Crippen LogP contribution in [0, 0.1) is 0 Å². The van der Waals surface area contributed by atoms with Crippen LogP contribution in [-0.2, 0) is 13.1 Å². The summed E-state index contributed by atoms with van der Waals surface area (Å²) in [5, 5.41) is 7.80. The Morgan fingerprint density at radius 3 is 3.19 bits per heavy atom. The summed E-state index contributed by atoms with van der Waals surface area (Å²) in [5.74, 6) is 0. The molecular weight excluding hydrogens is 200 g/mol. The second kappa shape index (κ2) is 6.01. The van der Waals surface area contributed by atoms with Crippen LogP contribution >= 0.6 is 0 Å². The van der Waals surface area contributed by atoms with Crippen LogP contribution in [0.2, 0.25) is 0 Å². The number of aromatic nitrogens is 2. The van der Waals surface area contributed by atoms with Gasteiger partial charge in [-0.15, -0.1) is 0 Å². The Morgan fingerprint density at radius 2 is 2.31 bits per heavy atom. The van der Waals surface area contributed by atoms with Crippen molar-refractivity contribution in [3.8, 4) is 0 Å². The highest BCUT2D eigenvalue weighted by Gasteiger charge is 2.09. The molecule has 4 nitrogen and oxygen atoms in total. The minimum absolute atomic E-state index is 1.03. The molecule has 0 aromatic carbocycles. The highest BCUT2D eigenvalue weighted by Crippen LogP contribution is 2.05. The van der Waals surface area contributed by atoms with Gasteiger partial charge < -0.3 is 5.32 Å². The minimum Gasteiger partial charge on any atom is -0.315 e. The maximum absolute atomic E-state index is 4.37. The average Bonchev–Trinajstić information content (AvgIpc) is 2.56. The molecule has 0 radical (unpaired) electrons. The molecule has 1 aliphatic rings. The van der Waals surface area contributed by atoms with E-state index in [2.05, 4.69) is 28.4 Å². The Kier molecular flexibility index (Phi) is 4.36. The van der Waals surface area contributed by atoms with Crippen molar-refractivity contribution in [1.29, 1.82) is 0 Å². The van der Waals surface area contributed by atoms with Gasteiger partial charge in [-0.1, -0.05) is 6.92 Å². The van der Waals surface area contributed by atoms with Crippen LogP contribution in [-0.4, -0.2) is 40.9 Å². The summed E-state index contributed by atoms with van der Waals surface area (Å²) in [6.07, 6.45) is 6.59. The first-order chi connectivity index (χ1) is 7.88. The summed E-state index contributed by atoms with van der Waals surface area (Å²) >= 11 is 0. The third-order valence-corrected chi connectivity index (χ3v) is 2.98. The van der Waals surface area contributed by atoms with Gasteiger partial charge in [0.2, 0.25) is 0 Å². The normalized spacial score (nSPS) is 18.6. The number of hydrogen-bond acceptors (Lipinski definition) is 3. The maximum Gasteiger partial charge on any atom is 0.0534 e. The Balaban J connectivity index is 1.86. The van der Waals surface area contributed by atoms with Crippen LogP contribution in [0.25, 0.3) is 0 Å². The van der Waals surface area contributed by atoms with Crippen molar-refractivity contribution in [2.24, 2.45) is 0 Å². The summed E-state index contributed by atoms with van der Waals surface area (Å²) in [6, 6.07) is 0. The number of nitrogens with one attached hydrogen (secondary N) is 1. The van der Waals surface area contributed by atoms with Crippen molar-refractivity contribution in [3.63, 3.8) is 0 Å². The van der Waals surface area contributed by atoms with Crippen LogP contribution in [0.5, 0.6) is 0 Å². The van der Waals surface area contributed by atoms with Gasteiger partial charge in [-0.05, 0) is 25.9 Å². The molecule has 2 rings (SSSR count). The molecule has 0 aliphatic carbocycles. The maximum atomic E-state index is 4.37. The topological polar surface area (TPSA) is 33.1 Å². The van der Waals surface area contributed by atoms with Gasteiger partial charge in [0, 0.05) is 37.9 Å². The molecule has 16 heavy (non-hydrogen) atoms. The summed E-state index contributed by atoms with van der Waals surface area (Å²) in [5.41, 5.74) is 1.34. The lowest BCUT2D eigenvalue weighted by molar-refractivity contribution is 0.284. The Labute approximate surface area is 97.6 Å². The minimum atomic E-state index is 1.03. The third kappa shape index (κ3) is 3.32. The van der Waals surface area contributed by atoms with Crippen molar-refractivity contribution >= 4 is 0 Å². The lowest BCUT2D eigenvalue weighted by Crippen LogP contribution is -2.27. The fourth-order valence-electron chi connectivity index (χ4n) is 2.16. The molecular formula is C12H22N4. The molecule has 0 amide bonds. The van der Waals surface area contributed by atoms with Crippen LogP contribution in [0.3, 0.4) is 0 Å². The standard InChI is InChI=1S/C12H22N4/c1-2-6-16-11-12(9-14-16)10-15-7-3-4-13-5-8-15/h9,11,13H,2-8,10H2,1H3. The van der Waals surface area contributed by atoms with Crippen molar-refractivity contribution in [2.45, 2.75) is 32.9 Å². The molecule has 0 saturated carbocycles. The van der Waals surface area contributed by atoms with E-state index in [9.17, 15) is 0 Å². The van der Waals surface area contributed by atoms with E-state index in [4.69, 9.17) is 0 Å². The van der Waals surface area contributed by atoms with Gasteiger partial charge in [0.15, 0.2) is 0 Å². The average molecular weight is 222 g/mol. The van der Waals surface area contributed by atoms with Crippen LogP contribution in [0.1, 0.15) is 25.3 Å². The molecule has 1 N–H and O–H groups in total. The van der Waals surface area contributed by atoms with Gasteiger partial charge in [0.1, 0.15) is 0 Å². The molecule has 0 bridgehead atoms. The predicted molar refractivity (Wildman–Crippen MR) is 65.3 cm³/mol. The van der Waals surface area contributed by atoms with E-state index in [1.807, 2.05) is 10.9 Å². The SMILES string of the molecule is CCCn1cc(CN2CCCNCC2)cn1. The number of aryl methyl sites for hydroxylation is 1. The molecule has 90 valence electrons. The Hall–Kier alpha value is -0.870. The molecule has 1 fully saturated rings. The van der Waals surface area contributed by atoms with E-state index in [-0.39, 0.29) is 0 Å². The lowest BCUT2D eigenvalue weighted by atomic mass is 10.3. The first kappa shape index (κ1) is 11.6. The predicted octanol–water partition coefficient (Wildman–Crippen LogP) is 1.09. The number of hydrogen-bond donors (Lipinski definition) is 1. The molecule has 0 spiro atoms. The molecule has 1 aliphatic heterocycles. The van der Waals surface area contributed by atoms with E-state index >= 15 is 0 Å². The van der Waals surface area contributed by atoms with Gasteiger partial charge in [0.05, 0.1) is 6.20 Å². The van der Waals surface area contributed by atoms with E-state index in [1.165, 1.54) is 18.5 Å². The highest BCUT2D eigenvalue weighted by molar-refractivity contribution is 5.03. The molecule has 4 heteroatoms. The first-order valence-corrected chi connectivity index (χ1v) is 6.33. The molecule has 0 atom stereocenters. The lowest BCUT2D eigenvalue weighted by Gasteiger charge is -2.17. The second-order valence-corrected chi connectivity index (χ2v) is 4.49. The van der Waals surface area contributed by atoms with Gasteiger partial charge in [-0.2, -0.15) is 5.10 Å². The first-order valence-electron chi connectivity index (χ1n) is 6.33. The molecule has 1 aromatic rings. The van der Waals surface area contributed by atoms with E-state index in [0.717, 1.165) is 39.1 Å². The van der Waals surface area contributed by atoms with Gasteiger partial charge in [-0.25, -0.2) is 0 Å². The van der Waals surface area contributed by atoms with Gasteiger partial charge >= 0.3 is 0 Å². The second-order valence-electron chi connectivity index (χ2n) is 4.49. The van der Waals surface area contributed by atoms with Crippen LogP contribution in [0.15, 0.2) is 12.4 Å². The zero-order valence-electron chi connectivity index (χ0n) is 10.2. The smallest absolute Gasteiger partial charge is 0.0534 e. The quantitative estimate of drug-likeness (QED) is 0.828. The highest BCUT2D eigenvalue weighted by atomic mass is 15.3. The van der Waals surface area contributed by atoms with Gasteiger partial charge in [-0.3, -0.25) is 9.58 Å². The van der Waals surface area contributed by atoms with Crippen LogP contribution in [0.4, 0.5) is 0 Å². The van der Waals surface area contributed by atoms with Gasteiger partial charge in [0.25, 0.3) is 0 Å². The van der Waals surface area contributed by atoms with Crippen molar-refractivity contribution in [2.75, 3.05) is 26.2 Å².